The summed E-state index contributed by atoms with van der Waals surface area (Å²) in [5.41, 5.74) is -0.0757. The third-order valence-electron chi connectivity index (χ3n) is 7.13. The number of esters is 2. The van der Waals surface area contributed by atoms with Crippen LogP contribution in [-0.4, -0.2) is 75.5 Å². The highest BCUT2D eigenvalue weighted by atomic mass is 31.2. The average molecular weight is 701 g/mol. The number of rotatable bonds is 17. The highest BCUT2D eigenvalue weighted by Gasteiger charge is 2.64. The topological polar surface area (TPSA) is 212 Å². The van der Waals surface area contributed by atoms with Crippen LogP contribution in [0.2, 0.25) is 0 Å². The second-order valence-electron chi connectivity index (χ2n) is 11.8. The van der Waals surface area contributed by atoms with Crippen molar-refractivity contribution in [3.8, 4) is 0 Å². The summed E-state index contributed by atoms with van der Waals surface area (Å²) in [7, 11) is -4.47. The Balaban J connectivity index is 1.94. The van der Waals surface area contributed by atoms with Gasteiger partial charge in [-0.25, -0.2) is 14.2 Å². The molecule has 18 heteroatoms. The molecule has 2 aliphatic heterocycles. The van der Waals surface area contributed by atoms with Crippen molar-refractivity contribution in [3.63, 3.8) is 0 Å². The largest absolute Gasteiger partial charge is 0.509 e. The molecule has 0 aliphatic carbocycles. The van der Waals surface area contributed by atoms with E-state index in [1.165, 1.54) is 26.1 Å². The SMILES string of the molecule is CC=CC(CCC(=O)OC(C)C)=C(CC)OP(=O)(NC(C)C(=O)OC(C)C)OCC1OC(n2ccc(NO)nc2=O)C2(C)OC(=O)OC12. The average Bonchev–Trinajstić information content (AvgIpc) is 3.45. The van der Waals surface area contributed by atoms with Crippen molar-refractivity contribution in [2.24, 2.45) is 0 Å². The van der Waals surface area contributed by atoms with E-state index >= 15 is 0 Å². The molecule has 3 N–H and O–H groups in total. The molecule has 0 aromatic carbocycles. The van der Waals surface area contributed by atoms with E-state index in [2.05, 4.69) is 10.1 Å². The van der Waals surface area contributed by atoms with Gasteiger partial charge in [0.2, 0.25) is 0 Å². The first-order valence-electron chi connectivity index (χ1n) is 15.6. The first kappa shape index (κ1) is 38.7. The molecule has 1 aromatic rings. The highest BCUT2D eigenvalue weighted by molar-refractivity contribution is 7.51. The minimum absolute atomic E-state index is 0.0208. The molecule has 17 nitrogen and oxygen atoms in total. The fourth-order valence-corrected chi connectivity index (χ4v) is 6.71. The lowest BCUT2D eigenvalue weighted by Gasteiger charge is -2.26. The maximum Gasteiger partial charge on any atom is 0.509 e. The lowest BCUT2D eigenvalue weighted by atomic mass is 9.96. The fraction of sp³-hybridized carbons (Fsp3) is 0.633. The van der Waals surface area contributed by atoms with Crippen LogP contribution in [0.5, 0.6) is 0 Å². The highest BCUT2D eigenvalue weighted by Crippen LogP contribution is 2.51. The number of allylic oxidation sites excluding steroid dienone is 4. The van der Waals surface area contributed by atoms with E-state index < -0.39 is 74.3 Å². The van der Waals surface area contributed by atoms with Gasteiger partial charge in [0, 0.05) is 19.0 Å². The molecule has 6 atom stereocenters. The summed E-state index contributed by atoms with van der Waals surface area (Å²) in [5, 5.41) is 11.7. The number of ether oxygens (including phenoxy) is 5. The Morgan fingerprint density at radius 1 is 1.17 bits per heavy atom. The Labute approximate surface area is 278 Å². The summed E-state index contributed by atoms with van der Waals surface area (Å²) in [4.78, 5) is 53.7. The lowest BCUT2D eigenvalue weighted by Crippen LogP contribution is -2.44. The molecule has 0 radical (unpaired) electrons. The molecule has 2 aliphatic rings. The van der Waals surface area contributed by atoms with E-state index in [0.717, 1.165) is 4.57 Å². The van der Waals surface area contributed by atoms with Crippen molar-refractivity contribution >= 4 is 31.7 Å². The van der Waals surface area contributed by atoms with Crippen LogP contribution in [-0.2, 0) is 46.9 Å². The molecule has 1 aromatic heterocycles. The smallest absolute Gasteiger partial charge is 0.463 e. The van der Waals surface area contributed by atoms with Gasteiger partial charge in [0.05, 0.1) is 18.8 Å². The van der Waals surface area contributed by atoms with Crippen LogP contribution in [0.1, 0.15) is 80.9 Å². The standard InChI is InChI=1S/C30H45N4O13P/c1-9-11-20(12-13-24(35)42-17(3)4)21(10-2)47-48(40,33-19(7)26(36)43-18(5)6)41-16-22-25-30(8,46-29(38)45-25)27(44-22)34-15-14-23(32-39)31-28(34)37/h9,11,14-15,17-19,22,25,27,39H,10,12-13,16H2,1-8H3,(H,33,40)(H,31,32,37). The second-order valence-corrected chi connectivity index (χ2v) is 13.5. The van der Waals surface area contributed by atoms with Crippen LogP contribution in [0.15, 0.2) is 40.5 Å². The normalized spacial score (nSPS) is 24.4. The quantitative estimate of drug-likeness (QED) is 0.0517. The van der Waals surface area contributed by atoms with Crippen LogP contribution in [0.25, 0.3) is 0 Å². The summed E-state index contributed by atoms with van der Waals surface area (Å²) in [6, 6.07) is 0.124. The van der Waals surface area contributed by atoms with Gasteiger partial charge in [0.1, 0.15) is 17.9 Å². The summed E-state index contributed by atoms with van der Waals surface area (Å²) < 4.78 is 54.7. The van der Waals surface area contributed by atoms with Crippen molar-refractivity contribution in [2.45, 2.75) is 117 Å². The van der Waals surface area contributed by atoms with Crippen LogP contribution in [0, 0.1) is 0 Å². The van der Waals surface area contributed by atoms with Gasteiger partial charge in [-0.2, -0.15) is 10.1 Å². The summed E-state index contributed by atoms with van der Waals surface area (Å²) >= 11 is 0. The van der Waals surface area contributed by atoms with E-state index in [-0.39, 0.29) is 36.9 Å². The number of nitrogens with one attached hydrogen (secondary N) is 2. The molecular weight excluding hydrogens is 655 g/mol. The molecule has 0 saturated carbocycles. The molecule has 3 heterocycles. The van der Waals surface area contributed by atoms with E-state index in [4.69, 9.17) is 37.9 Å². The summed E-state index contributed by atoms with van der Waals surface area (Å²) in [5.74, 6) is -1.06. The van der Waals surface area contributed by atoms with Crippen LogP contribution in [0.3, 0.4) is 0 Å². The summed E-state index contributed by atoms with van der Waals surface area (Å²) in [6.07, 6.45) is -0.195. The van der Waals surface area contributed by atoms with Gasteiger partial charge >= 0.3 is 31.5 Å². The monoisotopic (exact) mass is 700 g/mol. The Morgan fingerprint density at radius 2 is 1.85 bits per heavy atom. The van der Waals surface area contributed by atoms with Crippen LogP contribution < -0.4 is 16.3 Å². The third kappa shape index (κ3) is 9.66. The van der Waals surface area contributed by atoms with Crippen molar-refractivity contribution in [1.29, 1.82) is 0 Å². The molecule has 0 amide bonds. The number of hydrogen-bond acceptors (Lipinski definition) is 15. The Kier molecular flexibility index (Phi) is 13.4. The zero-order chi connectivity index (χ0) is 35.8. The minimum Gasteiger partial charge on any atom is -0.463 e. The van der Waals surface area contributed by atoms with Crippen molar-refractivity contribution in [2.75, 3.05) is 12.1 Å². The van der Waals surface area contributed by atoms with Gasteiger partial charge in [-0.15, -0.1) is 0 Å². The number of carbonyl (C=O) groups is 3. The predicted molar refractivity (Wildman–Crippen MR) is 169 cm³/mol. The van der Waals surface area contributed by atoms with Gasteiger partial charge in [-0.05, 0) is 66.5 Å². The predicted octanol–water partition coefficient (Wildman–Crippen LogP) is 4.28. The molecule has 0 spiro atoms. The molecular formula is C30H45N4O13P. The van der Waals surface area contributed by atoms with Gasteiger partial charge in [-0.1, -0.05) is 19.1 Å². The zero-order valence-electron chi connectivity index (χ0n) is 28.3. The number of nitrogens with zero attached hydrogens (tertiary/aromatic N) is 2. The fourth-order valence-electron chi connectivity index (χ4n) is 5.07. The van der Waals surface area contributed by atoms with Crippen LogP contribution in [0.4, 0.5) is 10.6 Å². The molecule has 0 bridgehead atoms. The molecule has 3 rings (SSSR count). The minimum atomic E-state index is -4.47. The van der Waals surface area contributed by atoms with Gasteiger partial charge < -0.3 is 28.2 Å². The molecule has 2 fully saturated rings. The number of fused-ring (bicyclic) bond motifs is 1. The van der Waals surface area contributed by atoms with Gasteiger partial charge in [-0.3, -0.25) is 29.4 Å². The number of aromatic nitrogens is 2. The zero-order valence-corrected chi connectivity index (χ0v) is 29.2. The maximum atomic E-state index is 14.4. The Hall–Kier alpha value is -3.76. The van der Waals surface area contributed by atoms with Crippen LogP contribution >= 0.6 is 7.75 Å². The van der Waals surface area contributed by atoms with E-state index in [1.807, 2.05) is 0 Å². The number of hydrogen-bond donors (Lipinski definition) is 3. The molecule has 6 unspecified atom stereocenters. The Morgan fingerprint density at radius 3 is 2.44 bits per heavy atom. The number of carbonyl (C=O) groups excluding carboxylic acids is 3. The maximum absolute atomic E-state index is 14.4. The Bertz CT molecular complexity index is 1490. The number of anilines is 1. The first-order valence-corrected chi connectivity index (χ1v) is 17.1. The van der Waals surface area contributed by atoms with Gasteiger partial charge in [0.25, 0.3) is 0 Å². The van der Waals surface area contributed by atoms with Gasteiger partial charge in [0.15, 0.2) is 23.8 Å². The van der Waals surface area contributed by atoms with Crippen molar-refractivity contribution in [1.82, 2.24) is 14.6 Å². The second kappa shape index (κ2) is 16.6. The van der Waals surface area contributed by atoms with E-state index in [0.29, 0.717) is 5.57 Å². The van der Waals surface area contributed by atoms with Crippen molar-refractivity contribution < 1.29 is 56.9 Å². The summed E-state index contributed by atoms with van der Waals surface area (Å²) in [6.45, 7) is 12.7. The molecule has 268 valence electrons. The van der Waals surface area contributed by atoms with E-state index in [1.54, 1.807) is 59.2 Å². The third-order valence-corrected chi connectivity index (χ3v) is 8.78. The lowest BCUT2D eigenvalue weighted by molar-refractivity contribution is -0.149. The van der Waals surface area contributed by atoms with E-state index in [9.17, 15) is 23.7 Å². The molecule has 2 saturated heterocycles. The first-order chi connectivity index (χ1) is 22.5. The van der Waals surface area contributed by atoms with Crippen molar-refractivity contribution in [3.05, 3.63) is 46.2 Å². The molecule has 48 heavy (non-hydrogen) atoms.